The summed E-state index contributed by atoms with van der Waals surface area (Å²) in [5.41, 5.74) is 1.60. The molecule has 0 fully saturated rings. The molecule has 0 aliphatic rings. The number of ether oxygens (including phenoxy) is 1. The van der Waals surface area contributed by atoms with Crippen LogP contribution in [-0.2, 0) is 39.1 Å². The minimum atomic E-state index is -4.07. The van der Waals surface area contributed by atoms with Crippen LogP contribution in [0.25, 0.3) is 0 Å². The number of carboxylic acids is 1. The van der Waals surface area contributed by atoms with Crippen molar-refractivity contribution in [2.75, 3.05) is 0 Å². The van der Waals surface area contributed by atoms with E-state index in [4.69, 9.17) is 14.6 Å². The number of para-hydroxylation sites is 1. The van der Waals surface area contributed by atoms with E-state index in [-0.39, 0.29) is 35.0 Å². The second-order valence-corrected chi connectivity index (χ2v) is 11.4. The van der Waals surface area contributed by atoms with E-state index in [1.807, 2.05) is 61.5 Å². The number of Topliss-reactive ketones (excluding diaryl/α,β-unsaturated/α-hetero) is 1. The van der Waals surface area contributed by atoms with Crippen molar-refractivity contribution < 1.29 is 32.3 Å². The number of ketones is 1. The summed E-state index contributed by atoms with van der Waals surface area (Å²) in [7, 11) is -4.07. The van der Waals surface area contributed by atoms with Gasteiger partial charge >= 0.3 is 5.97 Å². The molecule has 0 amide bonds. The zero-order chi connectivity index (χ0) is 30.1. The van der Waals surface area contributed by atoms with Gasteiger partial charge in [-0.25, -0.2) is 8.42 Å². The Balaban J connectivity index is 1.36. The first-order chi connectivity index (χ1) is 20.2. The molecule has 0 saturated heterocycles. The van der Waals surface area contributed by atoms with Crippen LogP contribution in [0.15, 0.2) is 106 Å². The fourth-order valence-corrected chi connectivity index (χ4v) is 5.60. The van der Waals surface area contributed by atoms with Crippen LogP contribution in [-0.4, -0.2) is 37.0 Å². The lowest BCUT2D eigenvalue weighted by molar-refractivity contribution is -0.139. The Hall–Kier alpha value is -4.54. The molecule has 0 aliphatic carbocycles. The van der Waals surface area contributed by atoms with Gasteiger partial charge in [0, 0.05) is 12.8 Å². The molecule has 0 radical (unpaired) electrons. The van der Waals surface area contributed by atoms with Gasteiger partial charge in [-0.1, -0.05) is 67.6 Å². The number of hydrogen-bond acceptors (Lipinski definition) is 7. The minimum absolute atomic E-state index is 0.0467. The van der Waals surface area contributed by atoms with Crippen LogP contribution in [0.4, 0.5) is 0 Å². The van der Waals surface area contributed by atoms with Gasteiger partial charge in [-0.05, 0) is 53.9 Å². The Morgan fingerprint density at radius 2 is 1.52 bits per heavy atom. The Labute approximate surface area is 244 Å². The van der Waals surface area contributed by atoms with E-state index >= 15 is 0 Å². The lowest BCUT2D eigenvalue weighted by atomic mass is 9.92. The summed E-state index contributed by atoms with van der Waals surface area (Å²) in [6.07, 6.45) is 0.209. The number of hydrogen-bond donors (Lipinski definition) is 3. The Morgan fingerprint density at radius 1 is 0.905 bits per heavy atom. The van der Waals surface area contributed by atoms with Gasteiger partial charge in [-0.15, -0.1) is 0 Å². The summed E-state index contributed by atoms with van der Waals surface area (Å²) in [6.45, 7) is 2.22. The molecule has 3 N–H and O–H groups in total. The molecule has 0 spiro atoms. The summed E-state index contributed by atoms with van der Waals surface area (Å²) in [6, 6.07) is 26.1. The van der Waals surface area contributed by atoms with E-state index in [1.54, 1.807) is 30.3 Å². The normalized spacial score (nSPS) is 12.8. The Bertz CT molecular complexity index is 1620. The highest BCUT2D eigenvalue weighted by molar-refractivity contribution is 7.89. The fourth-order valence-electron chi connectivity index (χ4n) is 4.39. The van der Waals surface area contributed by atoms with Gasteiger partial charge in [0.1, 0.15) is 29.9 Å². The van der Waals surface area contributed by atoms with Gasteiger partial charge in [-0.2, -0.15) is 4.72 Å². The van der Waals surface area contributed by atoms with Crippen molar-refractivity contribution in [3.05, 3.63) is 120 Å². The lowest BCUT2D eigenvalue weighted by Crippen LogP contribution is -2.42. The molecule has 10 heteroatoms. The van der Waals surface area contributed by atoms with E-state index < -0.39 is 28.0 Å². The lowest BCUT2D eigenvalue weighted by Gasteiger charge is -2.15. The van der Waals surface area contributed by atoms with Crippen LogP contribution in [0.1, 0.15) is 41.9 Å². The minimum Gasteiger partial charge on any atom is -0.489 e. The third kappa shape index (κ3) is 8.02. The second-order valence-electron chi connectivity index (χ2n) is 9.73. The Morgan fingerprint density at radius 3 is 2.14 bits per heavy atom. The predicted molar refractivity (Wildman–Crippen MR) is 157 cm³/mol. The molecule has 1 heterocycles. The maximum absolute atomic E-state index is 13.0. The number of rotatable bonds is 15. The van der Waals surface area contributed by atoms with Gasteiger partial charge in [0.05, 0.1) is 16.5 Å². The zero-order valence-electron chi connectivity index (χ0n) is 23.0. The van der Waals surface area contributed by atoms with Gasteiger partial charge in [0.2, 0.25) is 10.0 Å². The molecule has 42 heavy (non-hydrogen) atoms. The number of sulfonamides is 1. The molecular weight excluding hydrogens is 556 g/mol. The van der Waals surface area contributed by atoms with Crippen molar-refractivity contribution >= 4 is 27.5 Å². The summed E-state index contributed by atoms with van der Waals surface area (Å²) in [4.78, 5) is 24.8. The highest BCUT2D eigenvalue weighted by Crippen LogP contribution is 2.25. The number of carbonyl (C=O) groups excluding carboxylic acids is 1. The molecule has 3 aromatic carbocycles. The molecule has 4 rings (SSSR count). The number of carboxylic acid groups (broad SMARTS) is 1. The standard InChI is InChI=1S/C32H32N2O7S/c1-2-27(31(33)29(35)19-22-13-15-23(16-14-22)21-40-24-9-5-3-6-10-24)30-18-17-25(41-30)20-28(32(36)37)34-42(38,39)26-11-7-4-8-12-26/h3-18,27-28,33-34H,2,19-21H2,1H3,(H,36,37). The number of furan rings is 1. The van der Waals surface area contributed by atoms with Crippen LogP contribution < -0.4 is 9.46 Å². The van der Waals surface area contributed by atoms with Gasteiger partial charge in [0.15, 0.2) is 5.78 Å². The third-order valence-corrected chi connectivity index (χ3v) is 8.16. The topological polar surface area (TPSA) is 147 Å². The molecule has 0 bridgehead atoms. The largest absolute Gasteiger partial charge is 0.489 e. The monoisotopic (exact) mass is 588 g/mol. The predicted octanol–water partition coefficient (Wildman–Crippen LogP) is 5.16. The maximum atomic E-state index is 13.0. The van der Waals surface area contributed by atoms with Crippen molar-refractivity contribution in [2.45, 2.75) is 49.6 Å². The molecule has 218 valence electrons. The zero-order valence-corrected chi connectivity index (χ0v) is 23.8. The van der Waals surface area contributed by atoms with Crippen molar-refractivity contribution in [3.8, 4) is 5.75 Å². The van der Waals surface area contributed by atoms with Crippen molar-refractivity contribution in [1.29, 1.82) is 5.41 Å². The summed E-state index contributed by atoms with van der Waals surface area (Å²) in [5, 5.41) is 18.2. The van der Waals surface area contributed by atoms with E-state index in [1.165, 1.54) is 12.1 Å². The van der Waals surface area contributed by atoms with Gasteiger partial charge in [0.25, 0.3) is 0 Å². The number of carbonyl (C=O) groups is 2. The van der Waals surface area contributed by atoms with E-state index in [0.717, 1.165) is 16.9 Å². The molecule has 0 saturated carbocycles. The summed E-state index contributed by atoms with van der Waals surface area (Å²) < 4.78 is 39.1. The Kier molecular flexibility index (Phi) is 10.1. The maximum Gasteiger partial charge on any atom is 0.322 e. The quantitative estimate of drug-likeness (QED) is 0.163. The van der Waals surface area contributed by atoms with Crippen LogP contribution in [0.5, 0.6) is 5.75 Å². The third-order valence-electron chi connectivity index (χ3n) is 6.67. The van der Waals surface area contributed by atoms with Crippen molar-refractivity contribution in [1.82, 2.24) is 4.72 Å². The first kappa shape index (κ1) is 30.4. The van der Waals surface area contributed by atoms with E-state index in [2.05, 4.69) is 4.72 Å². The summed E-state index contributed by atoms with van der Waals surface area (Å²) >= 11 is 0. The number of nitrogens with one attached hydrogen (secondary N) is 2. The van der Waals surface area contributed by atoms with Crippen LogP contribution in [0.3, 0.4) is 0 Å². The molecular formula is C32H32N2O7S. The van der Waals surface area contributed by atoms with Crippen LogP contribution >= 0.6 is 0 Å². The van der Waals surface area contributed by atoms with Crippen molar-refractivity contribution in [3.63, 3.8) is 0 Å². The average Bonchev–Trinajstić information content (AvgIpc) is 3.45. The SMILES string of the molecule is CCC(C(=N)C(=O)Cc1ccc(COc2ccccc2)cc1)c1ccc(CC(NS(=O)(=O)c2ccccc2)C(=O)O)o1. The van der Waals surface area contributed by atoms with Crippen molar-refractivity contribution in [2.24, 2.45) is 0 Å². The molecule has 4 aromatic rings. The van der Waals surface area contributed by atoms with E-state index in [0.29, 0.717) is 18.8 Å². The molecule has 2 atom stereocenters. The number of benzene rings is 3. The summed E-state index contributed by atoms with van der Waals surface area (Å²) in [5.74, 6) is -1.01. The molecule has 0 aliphatic heterocycles. The van der Waals surface area contributed by atoms with Gasteiger partial charge < -0.3 is 19.7 Å². The molecule has 1 aromatic heterocycles. The van der Waals surface area contributed by atoms with Crippen LogP contribution in [0, 0.1) is 5.41 Å². The first-order valence-electron chi connectivity index (χ1n) is 13.4. The second kappa shape index (κ2) is 13.9. The smallest absolute Gasteiger partial charge is 0.322 e. The fraction of sp³-hybridized carbons (Fsp3) is 0.219. The average molecular weight is 589 g/mol. The first-order valence-corrected chi connectivity index (χ1v) is 14.9. The highest BCUT2D eigenvalue weighted by Gasteiger charge is 2.28. The van der Waals surface area contributed by atoms with Gasteiger partial charge in [-0.3, -0.25) is 9.59 Å². The molecule has 2 unspecified atom stereocenters. The van der Waals surface area contributed by atoms with E-state index in [9.17, 15) is 23.1 Å². The number of aliphatic carboxylic acids is 1. The highest BCUT2D eigenvalue weighted by atomic mass is 32.2. The van der Waals surface area contributed by atoms with Crippen LogP contribution in [0.2, 0.25) is 0 Å². The molecule has 9 nitrogen and oxygen atoms in total.